The van der Waals surface area contributed by atoms with E-state index in [9.17, 15) is 19.6 Å². The molecule has 8 nitrogen and oxygen atoms in total. The first-order chi connectivity index (χ1) is 16.7. The normalized spacial score (nSPS) is 17.3. The molecule has 1 aliphatic heterocycles. The van der Waals surface area contributed by atoms with Gasteiger partial charge in [-0.1, -0.05) is 41.0 Å². The van der Waals surface area contributed by atoms with Crippen LogP contribution < -0.4 is 15.4 Å². The Morgan fingerprint density at radius 2 is 1.97 bits per heavy atom. The molecular weight excluding hydrogens is 581 g/mol. The Bertz CT molecular complexity index is 1260. The summed E-state index contributed by atoms with van der Waals surface area (Å²) in [6, 6.07) is 11.7. The van der Waals surface area contributed by atoms with E-state index in [1.807, 2.05) is 0 Å². The van der Waals surface area contributed by atoms with E-state index in [1.54, 1.807) is 30.3 Å². The zero-order valence-electron chi connectivity index (χ0n) is 18.4. The number of nitrogens with zero attached hydrogens (tertiary/aromatic N) is 1. The summed E-state index contributed by atoms with van der Waals surface area (Å²) in [5.74, 6) is -3.67. The van der Waals surface area contributed by atoms with Gasteiger partial charge in [0.2, 0.25) is 11.8 Å². The van der Waals surface area contributed by atoms with Crippen molar-refractivity contribution in [3.05, 3.63) is 67.1 Å². The van der Waals surface area contributed by atoms with Crippen molar-refractivity contribution in [3.8, 4) is 11.8 Å². The van der Waals surface area contributed by atoms with Gasteiger partial charge in [0, 0.05) is 10.9 Å². The van der Waals surface area contributed by atoms with Gasteiger partial charge in [0.1, 0.15) is 11.7 Å². The van der Waals surface area contributed by atoms with Crippen LogP contribution in [0.2, 0.25) is 10.0 Å². The number of nitrogens with one attached hydrogen (secondary N) is 2. The van der Waals surface area contributed by atoms with Crippen LogP contribution in [0.1, 0.15) is 11.5 Å². The van der Waals surface area contributed by atoms with Crippen LogP contribution in [0.3, 0.4) is 0 Å². The summed E-state index contributed by atoms with van der Waals surface area (Å²) in [6.07, 6.45) is 0. The average molecular weight is 599 g/mol. The summed E-state index contributed by atoms with van der Waals surface area (Å²) in [7, 11) is 2.67. The molecule has 0 aromatic heterocycles. The van der Waals surface area contributed by atoms with Crippen LogP contribution >= 0.6 is 50.9 Å². The molecule has 0 radical (unpaired) electrons. The molecule has 182 valence electrons. The molecule has 0 aliphatic carbocycles. The molecule has 0 saturated heterocycles. The zero-order valence-corrected chi connectivity index (χ0v) is 22.3. The number of hydrogen-bond acceptors (Lipinski definition) is 7. The Balaban J connectivity index is 1.92. The highest BCUT2D eigenvalue weighted by molar-refractivity contribution is 9.10. The first-order valence-electron chi connectivity index (χ1n) is 9.94. The molecule has 2 atom stereocenters. The molecule has 0 fully saturated rings. The fraction of sp³-hybridized carbons (Fsp3) is 0.217. The van der Waals surface area contributed by atoms with Gasteiger partial charge in [-0.15, -0.1) is 0 Å². The van der Waals surface area contributed by atoms with E-state index >= 15 is 0 Å². The maximum absolute atomic E-state index is 12.9. The molecule has 1 heterocycles. The number of methoxy groups -OCH3 is 2. The fourth-order valence-electron chi connectivity index (χ4n) is 3.47. The quantitative estimate of drug-likeness (QED) is 0.345. The van der Waals surface area contributed by atoms with Crippen molar-refractivity contribution in [2.75, 3.05) is 25.3 Å². The number of rotatable bonds is 7. The molecule has 2 aromatic rings. The smallest absolute Gasteiger partial charge is 0.319 e. The maximum Gasteiger partial charge on any atom is 0.319 e. The van der Waals surface area contributed by atoms with E-state index < -0.39 is 29.6 Å². The van der Waals surface area contributed by atoms with E-state index in [0.717, 1.165) is 11.8 Å². The minimum absolute atomic E-state index is 0.124. The molecular formula is C23H18BrCl2N3O5S. The largest absolute Gasteiger partial charge is 0.496 e. The Morgan fingerprint density at radius 1 is 1.23 bits per heavy atom. The van der Waals surface area contributed by atoms with Crippen LogP contribution in [0, 0.1) is 17.2 Å². The SMILES string of the molecule is COC(=O)[C@H]1C(=O)NC(SCC(=O)Nc2ccc(Cl)cc2Cl)=C(C#N)[C@H]1c1ccc(OC)c(Br)c1. The number of thioether (sulfide) groups is 1. The van der Waals surface area contributed by atoms with E-state index in [-0.39, 0.29) is 21.4 Å². The first kappa shape index (κ1) is 26.9. The number of benzene rings is 2. The van der Waals surface area contributed by atoms with E-state index in [1.165, 1.54) is 20.3 Å². The summed E-state index contributed by atoms with van der Waals surface area (Å²) in [5, 5.41) is 16.1. The standard InChI is InChI=1S/C23H18BrCl2N3O5S/c1-33-17-6-3-11(7-14(17)24)19-13(9-27)22(29-21(31)20(19)23(32)34-2)35-10-18(30)28-16-5-4-12(25)8-15(16)26/h3-8,19-20H,10H2,1-2H3,(H,28,30)(H,29,31)/t19-,20-/m1/s1. The van der Waals surface area contributed by atoms with E-state index in [2.05, 4.69) is 32.6 Å². The van der Waals surface area contributed by atoms with Crippen molar-refractivity contribution in [3.63, 3.8) is 0 Å². The number of amides is 2. The highest BCUT2D eigenvalue weighted by Gasteiger charge is 2.44. The minimum atomic E-state index is -1.29. The molecule has 35 heavy (non-hydrogen) atoms. The summed E-state index contributed by atoms with van der Waals surface area (Å²) in [6.45, 7) is 0. The number of halogens is 3. The number of ether oxygens (including phenoxy) is 2. The highest BCUT2D eigenvalue weighted by atomic mass is 79.9. The zero-order chi connectivity index (χ0) is 25.7. The molecule has 0 unspecified atom stereocenters. The predicted octanol–water partition coefficient (Wildman–Crippen LogP) is 4.87. The molecule has 12 heteroatoms. The number of carbonyl (C=O) groups is 3. The Labute approximate surface area is 224 Å². The third kappa shape index (κ3) is 6.11. The lowest BCUT2D eigenvalue weighted by atomic mass is 9.78. The Hall–Kier alpha value is -2.71. The van der Waals surface area contributed by atoms with Gasteiger partial charge in [-0.2, -0.15) is 5.26 Å². The number of carbonyl (C=O) groups excluding carboxylic acids is 3. The topological polar surface area (TPSA) is 118 Å². The number of allylic oxidation sites excluding steroid dienone is 1. The van der Waals surface area contributed by atoms with Gasteiger partial charge in [-0.3, -0.25) is 14.4 Å². The Kier molecular flexibility index (Phi) is 9.08. The fourth-order valence-corrected chi connectivity index (χ4v) is 5.33. The van der Waals surface area contributed by atoms with Crippen molar-refractivity contribution < 1.29 is 23.9 Å². The lowest BCUT2D eigenvalue weighted by Crippen LogP contribution is -2.44. The second-order valence-corrected chi connectivity index (χ2v) is 9.86. The van der Waals surface area contributed by atoms with Gasteiger partial charge < -0.3 is 20.1 Å². The van der Waals surface area contributed by atoms with E-state index in [4.69, 9.17) is 32.7 Å². The predicted molar refractivity (Wildman–Crippen MR) is 137 cm³/mol. The highest BCUT2D eigenvalue weighted by Crippen LogP contribution is 2.42. The van der Waals surface area contributed by atoms with Crippen molar-refractivity contribution in [2.24, 2.45) is 5.92 Å². The number of hydrogen-bond donors (Lipinski definition) is 2. The average Bonchev–Trinajstić information content (AvgIpc) is 2.83. The Morgan fingerprint density at radius 3 is 2.57 bits per heavy atom. The van der Waals surface area contributed by atoms with Crippen LogP contribution in [0.5, 0.6) is 5.75 Å². The number of anilines is 1. The summed E-state index contributed by atoms with van der Waals surface area (Å²) >= 11 is 16.3. The summed E-state index contributed by atoms with van der Waals surface area (Å²) in [4.78, 5) is 38.0. The van der Waals surface area contributed by atoms with Crippen molar-refractivity contribution in [1.82, 2.24) is 5.32 Å². The second-order valence-electron chi connectivity index (χ2n) is 7.18. The van der Waals surface area contributed by atoms with Crippen LogP contribution in [-0.4, -0.2) is 37.8 Å². The molecule has 2 aromatic carbocycles. The molecule has 3 rings (SSSR count). The summed E-state index contributed by atoms with van der Waals surface area (Å²) in [5.41, 5.74) is 1.02. The van der Waals surface area contributed by atoms with Crippen LogP contribution in [0.25, 0.3) is 0 Å². The summed E-state index contributed by atoms with van der Waals surface area (Å²) < 4.78 is 10.7. The molecule has 0 bridgehead atoms. The van der Waals surface area contributed by atoms with Gasteiger partial charge in [-0.05, 0) is 51.8 Å². The maximum atomic E-state index is 12.9. The lowest BCUT2D eigenvalue weighted by molar-refractivity contribution is -0.150. The van der Waals surface area contributed by atoms with Crippen molar-refractivity contribution in [2.45, 2.75) is 5.92 Å². The van der Waals surface area contributed by atoms with Gasteiger partial charge in [0.05, 0.1) is 51.8 Å². The minimum Gasteiger partial charge on any atom is -0.496 e. The van der Waals surface area contributed by atoms with Crippen LogP contribution in [0.15, 0.2) is 51.5 Å². The van der Waals surface area contributed by atoms with Crippen LogP contribution in [-0.2, 0) is 19.1 Å². The molecule has 0 spiro atoms. The monoisotopic (exact) mass is 597 g/mol. The molecule has 2 N–H and O–H groups in total. The van der Waals surface area contributed by atoms with Gasteiger partial charge in [0.25, 0.3) is 0 Å². The second kappa shape index (κ2) is 11.8. The van der Waals surface area contributed by atoms with Crippen molar-refractivity contribution in [1.29, 1.82) is 5.26 Å². The first-order valence-corrected chi connectivity index (χ1v) is 12.5. The van der Waals surface area contributed by atoms with E-state index in [0.29, 0.717) is 26.5 Å². The number of esters is 1. The third-order valence-corrected chi connectivity index (χ3v) is 7.26. The molecule has 0 saturated carbocycles. The van der Waals surface area contributed by atoms with Gasteiger partial charge in [0.15, 0.2) is 0 Å². The molecule has 1 aliphatic rings. The van der Waals surface area contributed by atoms with Crippen LogP contribution in [0.4, 0.5) is 5.69 Å². The molecule has 2 amide bonds. The lowest BCUT2D eigenvalue weighted by Gasteiger charge is -2.31. The third-order valence-electron chi connectivity index (χ3n) is 5.07. The van der Waals surface area contributed by atoms with Gasteiger partial charge in [-0.25, -0.2) is 0 Å². The van der Waals surface area contributed by atoms with Crippen molar-refractivity contribution >= 4 is 74.4 Å². The van der Waals surface area contributed by atoms with Gasteiger partial charge >= 0.3 is 5.97 Å². The number of nitriles is 1.